The van der Waals surface area contributed by atoms with E-state index in [9.17, 15) is 13.0 Å². The van der Waals surface area contributed by atoms with Gasteiger partial charge in [-0.15, -0.1) is 0 Å². The fourth-order valence-corrected chi connectivity index (χ4v) is 18.5. The van der Waals surface area contributed by atoms with Crippen LogP contribution in [0.5, 0.6) is 34.5 Å². The molecule has 0 aliphatic rings. The number of hydrogen-bond donors (Lipinski definition) is 1. The van der Waals surface area contributed by atoms with E-state index in [4.69, 9.17) is 37.9 Å². The maximum absolute atomic E-state index is 12.7. The minimum Gasteiger partial charge on any atom is -0.504 e. The van der Waals surface area contributed by atoms with Crippen LogP contribution in [-0.4, -0.2) is 88.8 Å². The molecule has 0 aliphatic heterocycles. The summed E-state index contributed by atoms with van der Waals surface area (Å²) in [5.74, 6) is 4.65. The molecule has 3 heterocycles. The van der Waals surface area contributed by atoms with Gasteiger partial charge in [0.25, 0.3) is 10.1 Å². The van der Waals surface area contributed by atoms with Gasteiger partial charge in [0.2, 0.25) is 0 Å². The Balaban J connectivity index is 0.774. The summed E-state index contributed by atoms with van der Waals surface area (Å²) in [6.07, 6.45) is 15.6. The number of methoxy groups -OCH3 is 8. The second kappa shape index (κ2) is 37.0. The maximum Gasteiger partial charge on any atom is 0.267 e. The molecule has 0 fully saturated rings. The first kappa shape index (κ1) is 84.4. The summed E-state index contributed by atoms with van der Waals surface area (Å²) in [5.41, 5.74) is 24.1. The Bertz CT molecular complexity index is 7070. The Hall–Kier alpha value is -14.8. The van der Waals surface area contributed by atoms with Crippen molar-refractivity contribution in [1.29, 1.82) is 0 Å². The number of rotatable bonds is 32. The molecule has 0 aliphatic carbocycles. The molecule has 3 aromatic heterocycles. The highest BCUT2D eigenvalue weighted by Gasteiger charge is 2.28. The van der Waals surface area contributed by atoms with Crippen molar-refractivity contribution >= 4 is 75.5 Å². The summed E-state index contributed by atoms with van der Waals surface area (Å²) in [6, 6.07) is 108. The van der Waals surface area contributed by atoms with Gasteiger partial charge in [0.15, 0.2) is 0 Å². The van der Waals surface area contributed by atoms with Crippen LogP contribution in [0.3, 0.4) is 0 Å². The summed E-state index contributed by atoms with van der Waals surface area (Å²) in [7, 11) is 9.11. The highest BCUT2D eigenvalue weighted by atomic mass is 32.2. The molecule has 0 amide bonds. The average molecular weight is 1700 g/mol. The summed E-state index contributed by atoms with van der Waals surface area (Å²) in [4.78, 5) is 0. The highest BCUT2D eigenvalue weighted by Crippen LogP contribution is 2.46. The van der Waals surface area contributed by atoms with E-state index in [0.717, 1.165) is 195 Å². The zero-order valence-electron chi connectivity index (χ0n) is 72.5. The number of nitrogens with zero attached hydrogens (tertiary/aromatic N) is 3. The Morgan fingerprint density at radius 2 is 0.685 bits per heavy atom. The zero-order chi connectivity index (χ0) is 88.0. The lowest BCUT2D eigenvalue weighted by atomic mass is 9.83. The Labute approximate surface area is 741 Å². The predicted octanol–water partition coefficient (Wildman–Crippen LogP) is 26.2. The van der Waals surface area contributed by atoms with Crippen LogP contribution in [0.2, 0.25) is 0 Å². The van der Waals surface area contributed by atoms with E-state index in [2.05, 4.69) is 270 Å². The SMILES string of the molecule is C=C/C(=C\C=C\C(c1ccc(OC)cc1)c1ccc2c(c1)c1cc(C(c3ccc(OC)cc3)c3ccc(OC)cc3)ccc1n2-c1ccc(-c2ccc3c(c2)c2cc(-c4ccc(-n5c6ccc(C(/C(C=C)=C/C=C/OC)c7ccc(OC)cc7)cc6c6cc(C(c7ccc(OC)cc7)c7ccc(OC)cc7)ccc65)cc4)ccc2n3CCC(C)S(=O)(=O)O)cc1)OC. The van der Waals surface area contributed by atoms with Crippen LogP contribution in [-0.2, 0) is 26.1 Å². The molecule has 127 heavy (non-hydrogen) atoms. The Morgan fingerprint density at radius 1 is 0.354 bits per heavy atom. The standard InChI is InChI=1S/C112H99N3O11S/c1-12-73(16-15-65-119-4)110(77-25-47-92(122-7)48-26-77)85-38-60-108-102(69-85)103-71-87(112(80-31-53-95(125-10)54-32-80)81-33-55-96(126-11)56-34-81)40-62-109(103)115(108)89-43-21-75(22-44-89)83-36-58-105-99(67-83)98-66-82(35-57-104(98)113(105)64-63-72(3)127(116,117)118)74-19-41-88(42-20-74)114-106-59-37-84(97(18-14-17-90(13-2)120-5)76-23-45-91(121-6)46-24-76)68-100(106)101-70-86(39-61-107(101)114)111(78-27-49-93(123-8)50-28-78)79-29-51-94(124-9)52-30-79/h12-62,65-72,97,110-112H,1-2,63-64H2,3-11H3,(H,116,117,118)/b18-14+,65-15+,73-16+,90-17+. The molecule has 14 nitrogen and oxygen atoms in total. The molecule has 15 heteroatoms. The van der Waals surface area contributed by atoms with Crippen molar-refractivity contribution in [3.8, 4) is 68.1 Å². The van der Waals surface area contributed by atoms with Gasteiger partial charge in [-0.25, -0.2) is 0 Å². The first-order chi connectivity index (χ1) is 62.0. The molecule has 0 bridgehead atoms. The smallest absolute Gasteiger partial charge is 0.267 e. The summed E-state index contributed by atoms with van der Waals surface area (Å²) < 4.78 is 87.6. The first-order valence-electron chi connectivity index (χ1n) is 42.3. The van der Waals surface area contributed by atoms with Gasteiger partial charge in [-0.05, 0) is 285 Å². The van der Waals surface area contributed by atoms with Crippen molar-refractivity contribution in [2.45, 2.75) is 48.8 Å². The van der Waals surface area contributed by atoms with Crippen molar-refractivity contribution in [3.05, 3.63) is 432 Å². The van der Waals surface area contributed by atoms with Crippen molar-refractivity contribution in [3.63, 3.8) is 0 Å². The van der Waals surface area contributed by atoms with Crippen molar-refractivity contribution in [1.82, 2.24) is 13.7 Å². The lowest BCUT2D eigenvalue weighted by molar-refractivity contribution is 0.307. The van der Waals surface area contributed by atoms with Crippen LogP contribution in [0, 0.1) is 0 Å². The normalized spacial score (nSPS) is 12.9. The molecule has 17 aromatic rings. The summed E-state index contributed by atoms with van der Waals surface area (Å²) >= 11 is 0. The van der Waals surface area contributed by atoms with E-state index in [1.165, 1.54) is 0 Å². The Morgan fingerprint density at radius 3 is 1.05 bits per heavy atom. The van der Waals surface area contributed by atoms with Gasteiger partial charge < -0.3 is 51.6 Å². The van der Waals surface area contributed by atoms with Gasteiger partial charge in [0.1, 0.15) is 40.3 Å². The van der Waals surface area contributed by atoms with Crippen molar-refractivity contribution < 1.29 is 50.9 Å². The topological polar surface area (TPSA) is 143 Å². The van der Waals surface area contributed by atoms with Crippen LogP contribution >= 0.6 is 0 Å². The molecule has 0 saturated carbocycles. The van der Waals surface area contributed by atoms with Crippen LogP contribution in [0.25, 0.3) is 99.0 Å². The van der Waals surface area contributed by atoms with E-state index < -0.39 is 15.4 Å². The quantitative estimate of drug-likeness (QED) is 0.0186. The number of fused-ring (bicyclic) bond motifs is 9. The lowest BCUT2D eigenvalue weighted by Crippen LogP contribution is -2.18. The molecule has 14 aromatic carbocycles. The van der Waals surface area contributed by atoms with E-state index in [-0.39, 0.29) is 30.1 Å². The van der Waals surface area contributed by atoms with Crippen LogP contribution in [0.4, 0.5) is 0 Å². The molecule has 0 radical (unpaired) electrons. The molecule has 0 saturated heterocycles. The lowest BCUT2D eigenvalue weighted by Gasteiger charge is -2.21. The molecular formula is C112H99N3O11S. The minimum absolute atomic E-state index is 0.143. The number of hydrogen-bond acceptors (Lipinski definition) is 10. The van der Waals surface area contributed by atoms with Gasteiger partial charge in [-0.1, -0.05) is 171 Å². The second-order valence-electron chi connectivity index (χ2n) is 31.8. The zero-order valence-corrected chi connectivity index (χ0v) is 73.3. The molecule has 3 unspecified atom stereocenters. The first-order valence-corrected chi connectivity index (χ1v) is 43.8. The van der Waals surface area contributed by atoms with Gasteiger partial charge in [0.05, 0.1) is 90.5 Å². The maximum atomic E-state index is 12.7. The predicted molar refractivity (Wildman–Crippen MR) is 517 cm³/mol. The number of aromatic nitrogens is 3. The third-order valence-electron chi connectivity index (χ3n) is 24.8. The third-order valence-corrected chi connectivity index (χ3v) is 26.1. The molecular weight excluding hydrogens is 1600 g/mol. The Kier molecular flexibility index (Phi) is 24.6. The van der Waals surface area contributed by atoms with Gasteiger partial charge >= 0.3 is 0 Å². The monoisotopic (exact) mass is 1690 g/mol. The summed E-state index contributed by atoms with van der Waals surface area (Å²) in [5, 5.41) is 5.36. The van der Waals surface area contributed by atoms with E-state index >= 15 is 0 Å². The van der Waals surface area contributed by atoms with E-state index in [0.29, 0.717) is 12.3 Å². The molecule has 17 rings (SSSR count). The van der Waals surface area contributed by atoms with Crippen LogP contribution < -0.4 is 28.4 Å². The van der Waals surface area contributed by atoms with Crippen LogP contribution in [0.15, 0.2) is 377 Å². The van der Waals surface area contributed by atoms with E-state index in [1.54, 1.807) is 76.1 Å². The number of aryl methyl sites for hydroxylation is 1. The van der Waals surface area contributed by atoms with Crippen LogP contribution in [0.1, 0.15) is 92.7 Å². The molecule has 634 valence electrons. The van der Waals surface area contributed by atoms with E-state index in [1.807, 2.05) is 97.1 Å². The largest absolute Gasteiger partial charge is 0.504 e. The second-order valence-corrected chi connectivity index (χ2v) is 33.6. The fraction of sp³-hybridized carbons (Fsp3) is 0.143. The van der Waals surface area contributed by atoms with Gasteiger partial charge in [-0.3, -0.25) is 4.55 Å². The van der Waals surface area contributed by atoms with Crippen molar-refractivity contribution in [2.24, 2.45) is 0 Å². The molecule has 0 spiro atoms. The minimum atomic E-state index is -4.31. The third kappa shape index (κ3) is 17.0. The number of allylic oxidation sites excluding steroid dienone is 8. The highest BCUT2D eigenvalue weighted by molar-refractivity contribution is 7.86. The van der Waals surface area contributed by atoms with Gasteiger partial charge in [-0.2, -0.15) is 8.42 Å². The fourth-order valence-electron chi connectivity index (χ4n) is 18.1. The number of ether oxygens (including phenoxy) is 8. The molecule has 1 N–H and O–H groups in total. The van der Waals surface area contributed by atoms with Crippen molar-refractivity contribution in [2.75, 3.05) is 56.9 Å². The molecule has 3 atom stereocenters. The average Bonchev–Trinajstić information content (AvgIpc) is 1.58. The van der Waals surface area contributed by atoms with Gasteiger partial charge in [0, 0.05) is 84.9 Å². The number of benzene rings is 14. The summed E-state index contributed by atoms with van der Waals surface area (Å²) in [6.45, 7) is 10.2.